The number of aliphatic hydroxyl groups is 2. The van der Waals surface area contributed by atoms with E-state index in [-0.39, 0.29) is 0 Å². The number of rotatable bonds is 6. The molecule has 1 saturated heterocycles. The molecule has 7 atom stereocenters. The van der Waals surface area contributed by atoms with Gasteiger partial charge in [-0.05, 0) is 6.92 Å². The zero-order chi connectivity index (χ0) is 18.8. The van der Waals surface area contributed by atoms with Crippen LogP contribution < -0.4 is 11.1 Å². The molecule has 0 radical (unpaired) electrons. The molecule has 24 heavy (non-hydrogen) atoms. The first-order valence-corrected chi connectivity index (χ1v) is 7.12. The van der Waals surface area contributed by atoms with Crippen molar-refractivity contribution in [3.63, 3.8) is 0 Å². The van der Waals surface area contributed by atoms with Crippen LogP contribution in [0.2, 0.25) is 0 Å². The van der Waals surface area contributed by atoms with E-state index >= 15 is 0 Å². The second kappa shape index (κ2) is 7.36. The van der Waals surface area contributed by atoms with E-state index in [1.54, 1.807) is 0 Å². The normalized spacial score (nSPS) is 35.8. The van der Waals surface area contributed by atoms with E-state index in [1.165, 1.54) is 0 Å². The van der Waals surface area contributed by atoms with E-state index in [0.717, 1.165) is 13.8 Å². The summed E-state index contributed by atoms with van der Waals surface area (Å²) >= 11 is 0. The summed E-state index contributed by atoms with van der Waals surface area (Å²) in [5.41, 5.74) is 5.21. The lowest BCUT2D eigenvalue weighted by Gasteiger charge is -2.47. The molecule has 0 spiro atoms. The number of amides is 1. The maximum absolute atomic E-state index is 14.6. The van der Waals surface area contributed by atoms with Crippen molar-refractivity contribution in [3.8, 4) is 0 Å². The monoisotopic (exact) mass is 353 g/mol. The Bertz CT molecular complexity index is 520. The van der Waals surface area contributed by atoms with Crippen LogP contribution in [0.5, 0.6) is 0 Å². The highest BCUT2D eigenvalue weighted by atomic mass is 19.2. The number of aliphatic hydroxyl groups excluding tert-OH is 2. The third kappa shape index (κ3) is 3.97. The fourth-order valence-electron chi connectivity index (χ4n) is 2.67. The van der Waals surface area contributed by atoms with Crippen LogP contribution in [0.4, 0.5) is 8.78 Å². The Labute approximate surface area is 136 Å². The van der Waals surface area contributed by atoms with Crippen LogP contribution in [-0.2, 0) is 14.3 Å². The van der Waals surface area contributed by atoms with Crippen LogP contribution in [0, 0.1) is 11.3 Å². The highest BCUT2D eigenvalue weighted by Gasteiger charge is 2.62. The number of nitrogens with two attached hydrogens (primary N) is 1. The minimum Gasteiger partial charge on any atom is -0.477 e. The molecule has 9 nitrogen and oxygen atoms in total. The number of halogens is 2. The fourth-order valence-corrected chi connectivity index (χ4v) is 2.67. The number of hydrogen-bond acceptors (Lipinski definition) is 6. The summed E-state index contributed by atoms with van der Waals surface area (Å²) in [6, 6.07) is -1.41. The first-order valence-electron chi connectivity index (χ1n) is 7.12. The molecule has 7 N–H and O–H groups in total. The summed E-state index contributed by atoms with van der Waals surface area (Å²) < 4.78 is 33.7. The number of alkyl halides is 2. The number of ether oxygens (including phenoxy) is 1. The summed E-state index contributed by atoms with van der Waals surface area (Å²) in [4.78, 5) is 22.5. The summed E-state index contributed by atoms with van der Waals surface area (Å²) in [6.07, 6.45) is -8.44. The van der Waals surface area contributed by atoms with Gasteiger partial charge in [-0.15, -0.1) is 0 Å². The maximum Gasteiger partial charge on any atom is 0.372 e. The number of aliphatic carboxylic acids is 1. The van der Waals surface area contributed by atoms with Crippen molar-refractivity contribution < 1.29 is 38.4 Å². The van der Waals surface area contributed by atoms with Crippen LogP contribution in [-0.4, -0.2) is 69.4 Å². The number of carbonyl (C=O) groups excluding carboxylic acids is 1. The molecular weight excluding hydrogens is 332 g/mol. The quantitative estimate of drug-likeness (QED) is 0.254. The van der Waals surface area contributed by atoms with Crippen molar-refractivity contribution >= 4 is 17.7 Å². The van der Waals surface area contributed by atoms with Crippen molar-refractivity contribution in [2.24, 2.45) is 11.7 Å². The van der Waals surface area contributed by atoms with Gasteiger partial charge in [0.25, 0.3) is 0 Å². The van der Waals surface area contributed by atoms with Gasteiger partial charge in [0, 0.05) is 19.3 Å². The van der Waals surface area contributed by atoms with Crippen molar-refractivity contribution in [1.82, 2.24) is 5.32 Å². The van der Waals surface area contributed by atoms with Gasteiger partial charge in [-0.25, -0.2) is 9.18 Å². The predicted molar refractivity (Wildman–Crippen MR) is 76.6 cm³/mol. The molecule has 0 aliphatic carbocycles. The number of hydrogen-bond donors (Lipinski definition) is 6. The summed E-state index contributed by atoms with van der Waals surface area (Å²) in [7, 11) is 0. The van der Waals surface area contributed by atoms with Gasteiger partial charge in [-0.3, -0.25) is 10.2 Å². The van der Waals surface area contributed by atoms with Gasteiger partial charge in [0.05, 0.1) is 18.0 Å². The van der Waals surface area contributed by atoms with Gasteiger partial charge >= 0.3 is 11.8 Å². The Morgan fingerprint density at radius 3 is 2.38 bits per heavy atom. The van der Waals surface area contributed by atoms with E-state index in [9.17, 15) is 28.6 Å². The van der Waals surface area contributed by atoms with Crippen molar-refractivity contribution in [1.29, 1.82) is 5.41 Å². The number of carbonyl (C=O) groups is 2. The zero-order valence-corrected chi connectivity index (χ0v) is 13.1. The van der Waals surface area contributed by atoms with E-state index < -0.39 is 66.4 Å². The number of nitrogens with one attached hydrogen (secondary N) is 2. The minimum absolute atomic E-state index is 0.571. The molecule has 0 aromatic carbocycles. The molecule has 1 rings (SSSR count). The first-order chi connectivity index (χ1) is 10.9. The van der Waals surface area contributed by atoms with Crippen LogP contribution in [0.1, 0.15) is 20.3 Å². The summed E-state index contributed by atoms with van der Waals surface area (Å²) in [6.45, 7) is 2.19. The average molecular weight is 353 g/mol. The molecule has 0 saturated carbocycles. The lowest BCUT2D eigenvalue weighted by molar-refractivity contribution is -0.283. The molecular formula is C13H21F2N3O6. The molecule has 0 bridgehead atoms. The van der Waals surface area contributed by atoms with E-state index in [4.69, 9.17) is 16.2 Å². The van der Waals surface area contributed by atoms with Gasteiger partial charge < -0.3 is 31.1 Å². The van der Waals surface area contributed by atoms with Gasteiger partial charge in [-0.1, -0.05) is 0 Å². The Balaban J connectivity index is 3.37. The van der Waals surface area contributed by atoms with E-state index in [1.807, 2.05) is 0 Å². The second-order valence-corrected chi connectivity index (χ2v) is 5.79. The standard InChI is InChI=1S/C13H21F2N3O6/c1-4(19)9(21)10-8(18-5(2)20)6(3-7(16)17)11(14)13(15,24-10)12(22)23/h4,6,8-11,19,21H,3H2,1-2H3,(H3,16,17)(H,18,20)(H,22,23)/t4-,6-,8-,9-,10-,11-,13-/m1/s1. The predicted octanol–water partition coefficient (Wildman–Crippen LogP) is -1.34. The Kier molecular flexibility index (Phi) is 6.20. The van der Waals surface area contributed by atoms with Crippen LogP contribution in [0.25, 0.3) is 0 Å². The molecule has 138 valence electrons. The molecule has 1 heterocycles. The molecule has 1 aliphatic rings. The van der Waals surface area contributed by atoms with Gasteiger partial charge in [0.1, 0.15) is 12.2 Å². The first kappa shape index (κ1) is 20.2. The molecule has 0 unspecified atom stereocenters. The molecule has 1 aliphatic heterocycles. The Hall–Kier alpha value is -1.85. The summed E-state index contributed by atoms with van der Waals surface area (Å²) in [5, 5.41) is 38.0. The Morgan fingerprint density at radius 2 is 2.00 bits per heavy atom. The lowest BCUT2D eigenvalue weighted by atomic mass is 9.79. The van der Waals surface area contributed by atoms with Gasteiger partial charge in [0.15, 0.2) is 6.17 Å². The largest absolute Gasteiger partial charge is 0.477 e. The van der Waals surface area contributed by atoms with Crippen LogP contribution in [0.15, 0.2) is 0 Å². The maximum atomic E-state index is 14.6. The highest BCUT2D eigenvalue weighted by Crippen LogP contribution is 2.40. The smallest absolute Gasteiger partial charge is 0.372 e. The second-order valence-electron chi connectivity index (χ2n) is 5.79. The number of carboxylic acid groups (broad SMARTS) is 1. The number of carboxylic acids is 1. The Morgan fingerprint density at radius 1 is 1.46 bits per heavy atom. The van der Waals surface area contributed by atoms with E-state index in [2.05, 4.69) is 10.1 Å². The highest BCUT2D eigenvalue weighted by molar-refractivity contribution is 5.79. The van der Waals surface area contributed by atoms with Crippen LogP contribution >= 0.6 is 0 Å². The minimum atomic E-state index is -3.82. The molecule has 0 aromatic heterocycles. The molecule has 11 heteroatoms. The molecule has 0 aromatic rings. The summed E-state index contributed by atoms with van der Waals surface area (Å²) in [5.74, 6) is -8.95. The zero-order valence-electron chi connectivity index (χ0n) is 13.1. The van der Waals surface area contributed by atoms with E-state index in [0.29, 0.717) is 0 Å². The molecule has 1 amide bonds. The van der Waals surface area contributed by atoms with Gasteiger partial charge in [0.2, 0.25) is 5.91 Å². The number of amidine groups is 1. The topological polar surface area (TPSA) is 166 Å². The third-order valence-corrected chi connectivity index (χ3v) is 3.80. The van der Waals surface area contributed by atoms with Crippen molar-refractivity contribution in [3.05, 3.63) is 0 Å². The molecule has 1 fully saturated rings. The van der Waals surface area contributed by atoms with Crippen molar-refractivity contribution in [2.75, 3.05) is 0 Å². The lowest BCUT2D eigenvalue weighted by Crippen LogP contribution is -2.69. The van der Waals surface area contributed by atoms with Crippen LogP contribution in [0.3, 0.4) is 0 Å². The fraction of sp³-hybridized carbons (Fsp3) is 0.769. The third-order valence-electron chi connectivity index (χ3n) is 3.80. The average Bonchev–Trinajstić information content (AvgIpc) is 2.44. The SMILES string of the molecule is CC(=O)N[C@@H]1[C@@H](CC(=N)N)[C@@H](F)[C@](F)(C(=O)O)O[C@H]1[C@H](O)[C@@H](C)O. The van der Waals surface area contributed by atoms with Gasteiger partial charge in [-0.2, -0.15) is 4.39 Å². The van der Waals surface area contributed by atoms with Crippen molar-refractivity contribution in [2.45, 2.75) is 56.6 Å².